The first kappa shape index (κ1) is 33.0. The Hall–Kier alpha value is -3.34. The summed E-state index contributed by atoms with van der Waals surface area (Å²) in [7, 11) is 1.56. The number of ether oxygens (including phenoxy) is 1. The van der Waals surface area contributed by atoms with E-state index in [0.29, 0.717) is 55.8 Å². The first-order valence-electron chi connectivity index (χ1n) is 15.7. The maximum atomic E-state index is 17.2. The molecule has 246 valence electrons. The van der Waals surface area contributed by atoms with Crippen molar-refractivity contribution in [1.29, 1.82) is 0 Å². The molecule has 2 aromatic rings. The third-order valence-corrected chi connectivity index (χ3v) is 9.89. The van der Waals surface area contributed by atoms with E-state index in [9.17, 15) is 27.9 Å². The summed E-state index contributed by atoms with van der Waals surface area (Å²) in [6.07, 6.45) is -2.56. The normalized spacial score (nSPS) is 25.4. The molecule has 0 aliphatic carbocycles. The van der Waals surface area contributed by atoms with Crippen molar-refractivity contribution in [1.82, 2.24) is 9.80 Å². The Morgan fingerprint density at radius 2 is 1.62 bits per heavy atom. The number of rotatable bonds is 6. The fraction of sp³-hybridized carbons (Fsp3) is 0.588. The highest BCUT2D eigenvalue weighted by Gasteiger charge is 2.57. The zero-order valence-corrected chi connectivity index (χ0v) is 26.4. The van der Waals surface area contributed by atoms with Gasteiger partial charge < -0.3 is 19.6 Å². The number of carbonyl (C=O) groups is 2. The van der Waals surface area contributed by atoms with Crippen LogP contribution in [0.3, 0.4) is 0 Å². The average Bonchev–Trinajstić information content (AvgIpc) is 3.39. The summed E-state index contributed by atoms with van der Waals surface area (Å²) in [6, 6.07) is 10.9. The van der Waals surface area contributed by atoms with E-state index in [-0.39, 0.29) is 37.6 Å². The zero-order chi connectivity index (χ0) is 32.7. The predicted molar refractivity (Wildman–Crippen MR) is 163 cm³/mol. The predicted octanol–water partition coefficient (Wildman–Crippen LogP) is 6.33. The second-order valence-corrected chi connectivity index (χ2v) is 13.7. The van der Waals surface area contributed by atoms with Gasteiger partial charge in [0, 0.05) is 56.4 Å². The van der Waals surface area contributed by atoms with E-state index in [1.807, 2.05) is 37.8 Å². The molecule has 0 aromatic heterocycles. The summed E-state index contributed by atoms with van der Waals surface area (Å²) < 4.78 is 63.6. The SMILES string of the molecule is COc1ccc([C@@H]2CN(C(C)(C)C)C[C@@]2(F)C(=O)N2CCC(c3ccc(C(F)(F)F)cc3N3CCC[C@H](C(=O)O)C3)CC2)cc1. The minimum atomic E-state index is -4.54. The van der Waals surface area contributed by atoms with Gasteiger partial charge in [0.2, 0.25) is 5.67 Å². The number of carbonyl (C=O) groups excluding carboxylic acids is 1. The summed E-state index contributed by atoms with van der Waals surface area (Å²) >= 11 is 0. The molecule has 3 aliphatic heterocycles. The number of hydrogen-bond donors (Lipinski definition) is 1. The van der Waals surface area contributed by atoms with Gasteiger partial charge in [0.1, 0.15) is 5.75 Å². The summed E-state index contributed by atoms with van der Waals surface area (Å²) in [4.78, 5) is 31.1. The van der Waals surface area contributed by atoms with Crippen molar-refractivity contribution < 1.29 is 37.0 Å². The van der Waals surface area contributed by atoms with Crippen molar-refractivity contribution >= 4 is 17.6 Å². The van der Waals surface area contributed by atoms with Gasteiger partial charge in [0.15, 0.2) is 0 Å². The van der Waals surface area contributed by atoms with Crippen LogP contribution in [-0.2, 0) is 15.8 Å². The number of amides is 1. The molecule has 3 atom stereocenters. The number of hydrogen-bond acceptors (Lipinski definition) is 5. The minimum Gasteiger partial charge on any atom is -0.497 e. The van der Waals surface area contributed by atoms with Gasteiger partial charge >= 0.3 is 12.1 Å². The maximum absolute atomic E-state index is 17.2. The van der Waals surface area contributed by atoms with Crippen LogP contribution in [0.4, 0.5) is 23.2 Å². The molecule has 3 heterocycles. The van der Waals surface area contributed by atoms with Gasteiger partial charge in [0.25, 0.3) is 5.91 Å². The average molecular weight is 634 g/mol. The molecule has 0 radical (unpaired) electrons. The second-order valence-electron chi connectivity index (χ2n) is 13.7. The van der Waals surface area contributed by atoms with Crippen LogP contribution in [0.25, 0.3) is 0 Å². The van der Waals surface area contributed by atoms with Gasteiger partial charge in [-0.25, -0.2) is 4.39 Å². The molecule has 11 heteroatoms. The number of halogens is 4. The molecule has 5 rings (SSSR count). The van der Waals surface area contributed by atoms with E-state index in [0.717, 1.165) is 17.7 Å². The minimum absolute atomic E-state index is 0.0330. The van der Waals surface area contributed by atoms with Crippen LogP contribution in [0, 0.1) is 5.92 Å². The second kappa shape index (κ2) is 12.5. The van der Waals surface area contributed by atoms with E-state index >= 15 is 4.39 Å². The van der Waals surface area contributed by atoms with Gasteiger partial charge in [-0.1, -0.05) is 18.2 Å². The lowest BCUT2D eigenvalue weighted by atomic mass is 9.83. The topological polar surface area (TPSA) is 73.3 Å². The number of benzene rings is 2. The summed E-state index contributed by atoms with van der Waals surface area (Å²) in [5, 5.41) is 9.59. The van der Waals surface area contributed by atoms with Crippen LogP contribution in [0.1, 0.15) is 75.0 Å². The van der Waals surface area contributed by atoms with Crippen molar-refractivity contribution in [2.45, 2.75) is 75.7 Å². The Morgan fingerprint density at radius 3 is 2.20 bits per heavy atom. The molecule has 0 spiro atoms. The van der Waals surface area contributed by atoms with Gasteiger partial charge in [-0.3, -0.25) is 14.5 Å². The molecule has 3 fully saturated rings. The number of carboxylic acid groups (broad SMARTS) is 1. The number of anilines is 1. The van der Waals surface area contributed by atoms with Gasteiger partial charge in [-0.2, -0.15) is 13.2 Å². The molecule has 1 amide bonds. The first-order chi connectivity index (χ1) is 21.1. The lowest BCUT2D eigenvalue weighted by Crippen LogP contribution is -2.53. The van der Waals surface area contributed by atoms with E-state index in [2.05, 4.69) is 0 Å². The lowest BCUT2D eigenvalue weighted by molar-refractivity contribution is -0.145. The van der Waals surface area contributed by atoms with Crippen molar-refractivity contribution in [2.75, 3.05) is 51.3 Å². The number of nitrogens with zero attached hydrogens (tertiary/aromatic N) is 3. The molecule has 3 saturated heterocycles. The molecule has 1 N–H and O–H groups in total. The van der Waals surface area contributed by atoms with Gasteiger partial charge in [0.05, 0.1) is 18.6 Å². The third kappa shape index (κ3) is 6.78. The highest BCUT2D eigenvalue weighted by atomic mass is 19.4. The standard InChI is InChI=1S/C34H43F4N3O4/c1-32(2,3)41-20-28(23-7-10-26(45-4)11-8-23)33(35,21-41)31(44)39-16-13-22(14-17-39)27-12-9-25(34(36,37)38)18-29(27)40-15-5-6-24(19-40)30(42)43/h7-12,18,22,24,28H,5-6,13-17,19-21H2,1-4H3,(H,42,43)/t24-,28-,33-/m0/s1. The fourth-order valence-electron chi connectivity index (χ4n) is 7.14. The summed E-state index contributed by atoms with van der Waals surface area (Å²) in [6.45, 7) is 7.52. The van der Waals surface area contributed by atoms with Crippen molar-refractivity contribution in [3.8, 4) is 5.75 Å². The van der Waals surface area contributed by atoms with Crippen LogP contribution in [0.2, 0.25) is 0 Å². The van der Waals surface area contributed by atoms with Crippen molar-refractivity contribution in [2.24, 2.45) is 5.92 Å². The monoisotopic (exact) mass is 633 g/mol. The van der Waals surface area contributed by atoms with Crippen LogP contribution < -0.4 is 9.64 Å². The molecule has 0 saturated carbocycles. The number of piperidine rings is 2. The molecule has 45 heavy (non-hydrogen) atoms. The Morgan fingerprint density at radius 1 is 0.956 bits per heavy atom. The highest BCUT2D eigenvalue weighted by Crippen LogP contribution is 2.45. The Bertz CT molecular complexity index is 1390. The van der Waals surface area contributed by atoms with Crippen molar-refractivity contribution in [3.63, 3.8) is 0 Å². The summed E-state index contributed by atoms with van der Waals surface area (Å²) in [5.74, 6) is -2.34. The smallest absolute Gasteiger partial charge is 0.416 e. The lowest BCUT2D eigenvalue weighted by Gasteiger charge is -2.39. The molecular formula is C34H43F4N3O4. The maximum Gasteiger partial charge on any atom is 0.416 e. The Labute approximate surface area is 262 Å². The number of carboxylic acids is 1. The molecule has 0 unspecified atom stereocenters. The quantitative estimate of drug-likeness (QED) is 0.375. The number of alkyl halides is 4. The van der Waals surface area contributed by atoms with Gasteiger partial charge in [-0.15, -0.1) is 0 Å². The van der Waals surface area contributed by atoms with Crippen LogP contribution >= 0.6 is 0 Å². The number of likely N-dealkylation sites (tertiary alicyclic amines) is 2. The molecule has 2 aromatic carbocycles. The molecule has 0 bridgehead atoms. The largest absolute Gasteiger partial charge is 0.497 e. The van der Waals surface area contributed by atoms with Gasteiger partial charge in [-0.05, 0) is 87.8 Å². The van der Waals surface area contributed by atoms with Crippen LogP contribution in [-0.4, -0.2) is 84.4 Å². The van der Waals surface area contributed by atoms with Crippen LogP contribution in [0.5, 0.6) is 5.75 Å². The van der Waals surface area contributed by atoms with Crippen molar-refractivity contribution in [3.05, 3.63) is 59.2 Å². The Balaban J connectivity index is 1.37. The third-order valence-electron chi connectivity index (χ3n) is 9.89. The van der Waals surface area contributed by atoms with Crippen LogP contribution in [0.15, 0.2) is 42.5 Å². The molecule has 3 aliphatic rings. The van der Waals surface area contributed by atoms with E-state index in [1.165, 1.54) is 6.07 Å². The molecular weight excluding hydrogens is 590 g/mol. The fourth-order valence-corrected chi connectivity index (χ4v) is 7.14. The zero-order valence-electron chi connectivity index (χ0n) is 26.4. The number of methoxy groups -OCH3 is 1. The highest BCUT2D eigenvalue weighted by molar-refractivity contribution is 5.87. The first-order valence-corrected chi connectivity index (χ1v) is 15.7. The van der Waals surface area contributed by atoms with E-state index < -0.39 is 41.1 Å². The van der Waals surface area contributed by atoms with E-state index in [1.54, 1.807) is 29.0 Å². The Kier molecular flexibility index (Phi) is 9.14. The molecule has 7 nitrogen and oxygen atoms in total. The summed E-state index contributed by atoms with van der Waals surface area (Å²) in [5.41, 5.74) is -1.43. The number of aliphatic carboxylic acids is 1. The van der Waals surface area contributed by atoms with E-state index in [4.69, 9.17) is 4.74 Å².